The van der Waals surface area contributed by atoms with Crippen LogP contribution in [0.3, 0.4) is 0 Å². The van der Waals surface area contributed by atoms with Crippen LogP contribution in [0.5, 0.6) is 0 Å². The number of rotatable bonds is 3. The molecule has 5 heteroatoms. The molecule has 3 rings (SSSR count). The molecular weight excluding hydrogens is 290 g/mol. The van der Waals surface area contributed by atoms with Crippen molar-refractivity contribution in [3.8, 4) is 0 Å². The van der Waals surface area contributed by atoms with Crippen molar-refractivity contribution in [1.29, 1.82) is 0 Å². The Morgan fingerprint density at radius 3 is 2.65 bits per heavy atom. The second kappa shape index (κ2) is 6.20. The monoisotopic (exact) mass is 309 g/mol. The number of anilines is 1. The van der Waals surface area contributed by atoms with E-state index in [1.54, 1.807) is 30.3 Å². The van der Waals surface area contributed by atoms with Crippen LogP contribution < -0.4 is 10.2 Å². The van der Waals surface area contributed by atoms with Crippen LogP contribution in [0.25, 0.3) is 0 Å². The van der Waals surface area contributed by atoms with Crippen LogP contribution in [-0.4, -0.2) is 23.3 Å². The standard InChI is InChI=1S/C18H19N3O2/c1-12(14-5-8-19-9-6-14)20-18(23)16-3-4-17-15(11-16)7-10-21(17)13(2)22/h3-6,8-9,11-12H,7,10H2,1-2H3,(H,20,23). The van der Waals surface area contributed by atoms with Crippen molar-refractivity contribution in [3.05, 3.63) is 59.4 Å². The van der Waals surface area contributed by atoms with Gasteiger partial charge in [0.2, 0.25) is 5.91 Å². The third kappa shape index (κ3) is 3.08. The average molecular weight is 309 g/mol. The van der Waals surface area contributed by atoms with E-state index in [1.807, 2.05) is 31.2 Å². The number of nitrogens with one attached hydrogen (secondary N) is 1. The number of carbonyl (C=O) groups excluding carboxylic acids is 2. The van der Waals surface area contributed by atoms with E-state index >= 15 is 0 Å². The summed E-state index contributed by atoms with van der Waals surface area (Å²) in [5.74, 6) is -0.0781. The summed E-state index contributed by atoms with van der Waals surface area (Å²) in [7, 11) is 0. The molecule has 23 heavy (non-hydrogen) atoms. The van der Waals surface area contributed by atoms with Crippen LogP contribution in [0.2, 0.25) is 0 Å². The molecule has 0 saturated heterocycles. The van der Waals surface area contributed by atoms with Crippen LogP contribution in [-0.2, 0) is 11.2 Å². The molecule has 0 bridgehead atoms. The lowest BCUT2D eigenvalue weighted by Gasteiger charge is -2.16. The van der Waals surface area contributed by atoms with Crippen molar-refractivity contribution >= 4 is 17.5 Å². The fourth-order valence-corrected chi connectivity index (χ4v) is 2.89. The highest BCUT2D eigenvalue weighted by atomic mass is 16.2. The number of amides is 2. The van der Waals surface area contributed by atoms with Crippen LogP contribution in [0.1, 0.15) is 41.4 Å². The number of nitrogens with zero attached hydrogens (tertiary/aromatic N) is 2. The first-order chi connectivity index (χ1) is 11.1. The van der Waals surface area contributed by atoms with Crippen LogP contribution in [0, 0.1) is 0 Å². The zero-order valence-electron chi connectivity index (χ0n) is 13.2. The first kappa shape index (κ1) is 15.2. The van der Waals surface area contributed by atoms with E-state index in [9.17, 15) is 9.59 Å². The maximum atomic E-state index is 12.4. The fraction of sp³-hybridized carbons (Fsp3) is 0.278. The number of hydrogen-bond acceptors (Lipinski definition) is 3. The Hall–Kier alpha value is -2.69. The molecule has 2 aromatic rings. The summed E-state index contributed by atoms with van der Waals surface area (Å²) in [5, 5.41) is 2.99. The number of hydrogen-bond donors (Lipinski definition) is 1. The van der Waals surface area contributed by atoms with Gasteiger partial charge in [0.15, 0.2) is 0 Å². The molecule has 0 spiro atoms. The Morgan fingerprint density at radius 2 is 1.96 bits per heavy atom. The van der Waals surface area contributed by atoms with Crippen LogP contribution in [0.4, 0.5) is 5.69 Å². The molecule has 0 radical (unpaired) electrons. The Kier molecular flexibility index (Phi) is 4.10. The molecule has 2 amide bonds. The van der Waals surface area contributed by atoms with Crippen molar-refractivity contribution in [3.63, 3.8) is 0 Å². The lowest BCUT2D eigenvalue weighted by molar-refractivity contribution is -0.116. The number of carbonyl (C=O) groups is 2. The van der Waals surface area contributed by atoms with Crippen molar-refractivity contribution in [2.45, 2.75) is 26.3 Å². The summed E-state index contributed by atoms with van der Waals surface area (Å²) in [4.78, 5) is 29.7. The third-order valence-corrected chi connectivity index (χ3v) is 4.17. The molecule has 1 N–H and O–H groups in total. The van der Waals surface area contributed by atoms with Crippen molar-refractivity contribution < 1.29 is 9.59 Å². The third-order valence-electron chi connectivity index (χ3n) is 4.17. The Labute approximate surface area is 135 Å². The molecule has 1 aliphatic heterocycles. The molecular formula is C18H19N3O2. The number of benzene rings is 1. The normalized spacial score (nSPS) is 14.3. The molecule has 0 saturated carbocycles. The summed E-state index contributed by atoms with van der Waals surface area (Å²) in [6, 6.07) is 9.20. The zero-order valence-corrected chi connectivity index (χ0v) is 13.2. The van der Waals surface area contributed by atoms with Gasteiger partial charge in [-0.25, -0.2) is 0 Å². The Balaban J connectivity index is 1.75. The minimum absolute atomic E-state index is 0.0345. The highest BCUT2D eigenvalue weighted by Gasteiger charge is 2.23. The predicted octanol–water partition coefficient (Wildman–Crippen LogP) is 2.48. The van der Waals surface area contributed by atoms with Gasteiger partial charge in [-0.1, -0.05) is 0 Å². The lowest BCUT2D eigenvalue weighted by atomic mass is 10.1. The largest absolute Gasteiger partial charge is 0.346 e. The van der Waals surface area contributed by atoms with Crippen molar-refractivity contribution in [2.75, 3.05) is 11.4 Å². The zero-order chi connectivity index (χ0) is 16.4. The summed E-state index contributed by atoms with van der Waals surface area (Å²) in [6.45, 7) is 4.19. The minimum Gasteiger partial charge on any atom is -0.346 e. The molecule has 5 nitrogen and oxygen atoms in total. The van der Waals surface area contributed by atoms with Gasteiger partial charge in [0.05, 0.1) is 6.04 Å². The highest BCUT2D eigenvalue weighted by Crippen LogP contribution is 2.29. The van der Waals surface area contributed by atoms with Gasteiger partial charge < -0.3 is 10.2 Å². The number of aromatic nitrogens is 1. The summed E-state index contributed by atoms with van der Waals surface area (Å²) >= 11 is 0. The molecule has 1 aromatic carbocycles. The van der Waals surface area contributed by atoms with Gasteiger partial charge in [-0.15, -0.1) is 0 Å². The summed E-state index contributed by atoms with van der Waals surface area (Å²) < 4.78 is 0. The SMILES string of the molecule is CC(=O)N1CCc2cc(C(=O)NC(C)c3ccncc3)ccc21. The fourth-order valence-electron chi connectivity index (χ4n) is 2.89. The molecule has 2 heterocycles. The van der Waals surface area contributed by atoms with Gasteiger partial charge in [0.25, 0.3) is 5.91 Å². The van der Waals surface area contributed by atoms with E-state index in [0.29, 0.717) is 12.1 Å². The topological polar surface area (TPSA) is 62.3 Å². The van der Waals surface area contributed by atoms with E-state index < -0.39 is 0 Å². The predicted molar refractivity (Wildman–Crippen MR) is 88.3 cm³/mol. The molecule has 1 atom stereocenters. The van der Waals surface area contributed by atoms with E-state index in [2.05, 4.69) is 10.3 Å². The van der Waals surface area contributed by atoms with Crippen molar-refractivity contribution in [1.82, 2.24) is 10.3 Å². The first-order valence-electron chi connectivity index (χ1n) is 7.68. The highest BCUT2D eigenvalue weighted by molar-refractivity contribution is 5.98. The number of pyridine rings is 1. The summed E-state index contributed by atoms with van der Waals surface area (Å²) in [5.41, 5.74) is 3.59. The maximum Gasteiger partial charge on any atom is 0.251 e. The van der Waals surface area contributed by atoms with Gasteiger partial charge in [-0.3, -0.25) is 14.6 Å². The van der Waals surface area contributed by atoms with E-state index in [4.69, 9.17) is 0 Å². The smallest absolute Gasteiger partial charge is 0.251 e. The average Bonchev–Trinajstić information content (AvgIpc) is 2.98. The number of fused-ring (bicyclic) bond motifs is 1. The van der Waals surface area contributed by atoms with E-state index in [1.165, 1.54) is 0 Å². The molecule has 1 aliphatic rings. The van der Waals surface area contributed by atoms with Gasteiger partial charge in [0, 0.05) is 37.1 Å². The second-order valence-electron chi connectivity index (χ2n) is 5.74. The Bertz CT molecular complexity index is 743. The van der Waals surface area contributed by atoms with Gasteiger partial charge in [0.1, 0.15) is 0 Å². The van der Waals surface area contributed by atoms with Crippen LogP contribution >= 0.6 is 0 Å². The summed E-state index contributed by atoms with van der Waals surface area (Å²) in [6.07, 6.45) is 4.21. The van der Waals surface area contributed by atoms with Gasteiger partial charge >= 0.3 is 0 Å². The quantitative estimate of drug-likeness (QED) is 0.947. The minimum atomic E-state index is -0.113. The molecule has 0 fully saturated rings. The second-order valence-corrected chi connectivity index (χ2v) is 5.74. The van der Waals surface area contributed by atoms with Crippen LogP contribution in [0.15, 0.2) is 42.7 Å². The first-order valence-corrected chi connectivity index (χ1v) is 7.68. The van der Waals surface area contributed by atoms with Gasteiger partial charge in [-0.2, -0.15) is 0 Å². The van der Waals surface area contributed by atoms with Gasteiger partial charge in [-0.05, 0) is 54.8 Å². The molecule has 1 aromatic heterocycles. The molecule has 1 unspecified atom stereocenters. The lowest BCUT2D eigenvalue weighted by Crippen LogP contribution is -2.27. The molecule has 0 aliphatic carbocycles. The maximum absolute atomic E-state index is 12.4. The Morgan fingerprint density at radius 1 is 1.22 bits per heavy atom. The van der Waals surface area contributed by atoms with Crippen molar-refractivity contribution in [2.24, 2.45) is 0 Å². The van der Waals surface area contributed by atoms with E-state index in [-0.39, 0.29) is 17.9 Å². The van der Waals surface area contributed by atoms with E-state index in [0.717, 1.165) is 23.2 Å². The molecule has 118 valence electrons.